The molecule has 1 aliphatic carbocycles. The van der Waals surface area contributed by atoms with E-state index in [1.54, 1.807) is 6.20 Å². The van der Waals surface area contributed by atoms with Gasteiger partial charge in [0.05, 0.1) is 5.69 Å². The van der Waals surface area contributed by atoms with Gasteiger partial charge in [0.15, 0.2) is 0 Å². The van der Waals surface area contributed by atoms with Gasteiger partial charge in [-0.15, -0.1) is 0 Å². The van der Waals surface area contributed by atoms with E-state index in [1.165, 1.54) is 32.1 Å². The largest absolute Gasteiger partial charge is 0.338 e. The number of amides is 1. The molecule has 1 aromatic heterocycles. The molecule has 0 bridgehead atoms. The molecule has 2 fully saturated rings. The van der Waals surface area contributed by atoms with Gasteiger partial charge in [-0.3, -0.25) is 4.79 Å². The van der Waals surface area contributed by atoms with Gasteiger partial charge in [-0.2, -0.15) is 5.10 Å². The molecule has 1 saturated heterocycles. The lowest BCUT2D eigenvalue weighted by atomic mass is 9.75. The number of piperidine rings is 1. The van der Waals surface area contributed by atoms with Gasteiger partial charge in [0.1, 0.15) is 0 Å². The van der Waals surface area contributed by atoms with Crippen LogP contribution in [0.5, 0.6) is 0 Å². The molecule has 120 valence electrons. The van der Waals surface area contributed by atoms with Crippen LogP contribution in [-0.4, -0.2) is 33.7 Å². The summed E-state index contributed by atoms with van der Waals surface area (Å²) >= 11 is 0. The Labute approximate surface area is 137 Å². The minimum Gasteiger partial charge on any atom is -0.338 e. The van der Waals surface area contributed by atoms with Crippen molar-refractivity contribution < 1.29 is 4.79 Å². The molecule has 4 rings (SSSR count). The standard InChI is InChI=1S/C19H23N3O/c23-19(21-13-10-15-4-1-2-5-17(15)14-21)16-6-8-18(9-7-16)22-12-3-11-20-22/h3,6-9,11-12,15,17H,1-2,4-5,10,13-14H2/t15-,17-/m0/s1. The number of benzene rings is 1. The van der Waals surface area contributed by atoms with Crippen molar-refractivity contribution in [1.29, 1.82) is 0 Å². The quantitative estimate of drug-likeness (QED) is 0.851. The molecule has 2 aliphatic rings. The first-order valence-electron chi connectivity index (χ1n) is 8.70. The highest BCUT2D eigenvalue weighted by atomic mass is 16.2. The zero-order valence-corrected chi connectivity index (χ0v) is 13.4. The molecule has 1 aliphatic heterocycles. The van der Waals surface area contributed by atoms with Crippen molar-refractivity contribution in [1.82, 2.24) is 14.7 Å². The van der Waals surface area contributed by atoms with Crippen LogP contribution < -0.4 is 0 Å². The normalized spacial score (nSPS) is 24.3. The molecule has 1 saturated carbocycles. The summed E-state index contributed by atoms with van der Waals surface area (Å²) in [5.41, 5.74) is 1.77. The van der Waals surface area contributed by atoms with E-state index < -0.39 is 0 Å². The molecule has 4 heteroatoms. The zero-order chi connectivity index (χ0) is 15.6. The van der Waals surface area contributed by atoms with Crippen molar-refractivity contribution in [3.05, 3.63) is 48.3 Å². The molecule has 0 N–H and O–H groups in total. The summed E-state index contributed by atoms with van der Waals surface area (Å²) in [5, 5.41) is 4.22. The SMILES string of the molecule is O=C(c1ccc(-n2cccn2)cc1)N1CC[C@@H]2CCCC[C@H]2C1. The van der Waals surface area contributed by atoms with Crippen LogP contribution in [-0.2, 0) is 0 Å². The van der Waals surface area contributed by atoms with Gasteiger partial charge in [-0.1, -0.05) is 19.3 Å². The molecule has 0 radical (unpaired) electrons. The maximum absolute atomic E-state index is 12.8. The second-order valence-corrected chi connectivity index (χ2v) is 6.84. The Morgan fingerprint density at radius 1 is 1.04 bits per heavy atom. The van der Waals surface area contributed by atoms with Crippen molar-refractivity contribution in [3.8, 4) is 5.69 Å². The van der Waals surface area contributed by atoms with Gasteiger partial charge in [-0.05, 0) is 55.0 Å². The van der Waals surface area contributed by atoms with Crippen molar-refractivity contribution >= 4 is 5.91 Å². The van der Waals surface area contributed by atoms with E-state index in [1.807, 2.05) is 41.2 Å². The number of fused-ring (bicyclic) bond motifs is 1. The predicted molar refractivity (Wildman–Crippen MR) is 89.5 cm³/mol. The Morgan fingerprint density at radius 2 is 1.83 bits per heavy atom. The van der Waals surface area contributed by atoms with Crippen molar-refractivity contribution in [3.63, 3.8) is 0 Å². The number of rotatable bonds is 2. The zero-order valence-electron chi connectivity index (χ0n) is 13.4. The third-order valence-electron chi connectivity index (χ3n) is 5.46. The van der Waals surface area contributed by atoms with E-state index in [9.17, 15) is 4.79 Å². The molecule has 2 heterocycles. The lowest BCUT2D eigenvalue weighted by Gasteiger charge is -2.41. The summed E-state index contributed by atoms with van der Waals surface area (Å²) in [5.74, 6) is 1.76. The van der Waals surface area contributed by atoms with E-state index in [-0.39, 0.29) is 5.91 Å². The minimum absolute atomic E-state index is 0.182. The summed E-state index contributed by atoms with van der Waals surface area (Å²) in [6, 6.07) is 9.67. The summed E-state index contributed by atoms with van der Waals surface area (Å²) in [6.45, 7) is 1.87. The fourth-order valence-corrected chi connectivity index (χ4v) is 4.15. The molecule has 1 aromatic carbocycles. The van der Waals surface area contributed by atoms with Crippen molar-refractivity contribution in [2.24, 2.45) is 11.8 Å². The van der Waals surface area contributed by atoms with E-state index in [0.717, 1.165) is 36.2 Å². The Kier molecular flexibility index (Phi) is 3.90. The summed E-state index contributed by atoms with van der Waals surface area (Å²) in [6.07, 6.45) is 10.2. The highest BCUT2D eigenvalue weighted by Gasteiger charge is 2.33. The third-order valence-corrected chi connectivity index (χ3v) is 5.46. The van der Waals surface area contributed by atoms with Crippen molar-refractivity contribution in [2.75, 3.05) is 13.1 Å². The smallest absolute Gasteiger partial charge is 0.253 e. The molecule has 0 unspecified atom stereocenters. The van der Waals surface area contributed by atoms with Gasteiger partial charge in [0.25, 0.3) is 5.91 Å². The molecule has 2 atom stereocenters. The molecule has 23 heavy (non-hydrogen) atoms. The number of hydrogen-bond donors (Lipinski definition) is 0. The first-order chi connectivity index (χ1) is 11.3. The Bertz CT molecular complexity index is 662. The third kappa shape index (κ3) is 2.90. The average molecular weight is 309 g/mol. The van der Waals surface area contributed by atoms with Gasteiger partial charge in [-0.25, -0.2) is 4.68 Å². The number of nitrogens with zero attached hydrogens (tertiary/aromatic N) is 3. The highest BCUT2D eigenvalue weighted by molar-refractivity contribution is 5.94. The van der Waals surface area contributed by atoms with E-state index in [2.05, 4.69) is 10.00 Å². The van der Waals surface area contributed by atoms with Crippen LogP contribution in [0.1, 0.15) is 42.5 Å². The molecular formula is C19H23N3O. The van der Waals surface area contributed by atoms with Crippen molar-refractivity contribution in [2.45, 2.75) is 32.1 Å². The monoisotopic (exact) mass is 309 g/mol. The second-order valence-electron chi connectivity index (χ2n) is 6.84. The van der Waals surface area contributed by atoms with E-state index in [4.69, 9.17) is 0 Å². The minimum atomic E-state index is 0.182. The van der Waals surface area contributed by atoms with Crippen LogP contribution in [0.2, 0.25) is 0 Å². The fourth-order valence-electron chi connectivity index (χ4n) is 4.15. The molecule has 0 spiro atoms. The maximum atomic E-state index is 12.8. The Morgan fingerprint density at radius 3 is 2.57 bits per heavy atom. The van der Waals surface area contributed by atoms with Crippen LogP contribution in [0.4, 0.5) is 0 Å². The van der Waals surface area contributed by atoms with Crippen LogP contribution in [0.3, 0.4) is 0 Å². The predicted octanol–water partition coefficient (Wildman–Crippen LogP) is 3.52. The maximum Gasteiger partial charge on any atom is 0.253 e. The second kappa shape index (κ2) is 6.19. The van der Waals surface area contributed by atoms with Gasteiger partial charge in [0, 0.05) is 31.0 Å². The van der Waals surface area contributed by atoms with E-state index in [0.29, 0.717) is 0 Å². The van der Waals surface area contributed by atoms with E-state index >= 15 is 0 Å². The first kappa shape index (κ1) is 14.5. The number of hydrogen-bond acceptors (Lipinski definition) is 2. The molecule has 2 aromatic rings. The molecule has 1 amide bonds. The highest BCUT2D eigenvalue weighted by Crippen LogP contribution is 2.36. The van der Waals surface area contributed by atoms with Crippen LogP contribution in [0.25, 0.3) is 5.69 Å². The lowest BCUT2D eigenvalue weighted by molar-refractivity contribution is 0.0521. The van der Waals surface area contributed by atoms with Crippen LogP contribution in [0, 0.1) is 11.8 Å². The molecule has 4 nitrogen and oxygen atoms in total. The number of likely N-dealkylation sites (tertiary alicyclic amines) is 1. The molecular weight excluding hydrogens is 286 g/mol. The summed E-state index contributed by atoms with van der Waals surface area (Å²) < 4.78 is 1.81. The van der Waals surface area contributed by atoms with Gasteiger partial charge in [0.2, 0.25) is 0 Å². The number of carbonyl (C=O) groups excluding carboxylic acids is 1. The number of aromatic nitrogens is 2. The summed E-state index contributed by atoms with van der Waals surface area (Å²) in [7, 11) is 0. The summed E-state index contributed by atoms with van der Waals surface area (Å²) in [4.78, 5) is 14.8. The lowest BCUT2D eigenvalue weighted by Crippen LogP contribution is -2.44. The van der Waals surface area contributed by atoms with Crippen LogP contribution in [0.15, 0.2) is 42.7 Å². The van der Waals surface area contributed by atoms with Gasteiger partial charge < -0.3 is 4.90 Å². The topological polar surface area (TPSA) is 38.1 Å². The average Bonchev–Trinajstić information content (AvgIpc) is 3.15. The Hall–Kier alpha value is -2.10. The first-order valence-corrected chi connectivity index (χ1v) is 8.70. The number of carbonyl (C=O) groups is 1. The van der Waals surface area contributed by atoms with Gasteiger partial charge >= 0.3 is 0 Å². The van der Waals surface area contributed by atoms with Crippen LogP contribution >= 0.6 is 0 Å². The fraction of sp³-hybridized carbons (Fsp3) is 0.474. The Balaban J connectivity index is 1.46.